The van der Waals surface area contributed by atoms with Crippen LogP contribution in [0.4, 0.5) is 0 Å². The highest BCUT2D eigenvalue weighted by molar-refractivity contribution is 5.93. The summed E-state index contributed by atoms with van der Waals surface area (Å²) in [6, 6.07) is 14.5. The van der Waals surface area contributed by atoms with Crippen LogP contribution in [-0.4, -0.2) is 28.1 Å². The van der Waals surface area contributed by atoms with E-state index in [-0.39, 0.29) is 0 Å². The van der Waals surface area contributed by atoms with E-state index in [9.17, 15) is 14.8 Å². The molecule has 0 aliphatic carbocycles. The summed E-state index contributed by atoms with van der Waals surface area (Å²) in [5, 5.41) is 10.3. The van der Waals surface area contributed by atoms with Crippen molar-refractivity contribution >= 4 is 17.9 Å². The second-order valence-electron chi connectivity index (χ2n) is 5.53. The number of nitrogens with two attached hydrogens (primary N) is 1. The van der Waals surface area contributed by atoms with Crippen molar-refractivity contribution in [1.82, 2.24) is 5.06 Å². The molecule has 3 N–H and O–H groups in total. The first-order valence-electron chi connectivity index (χ1n) is 7.55. The topological polar surface area (TPSA) is 83.6 Å². The van der Waals surface area contributed by atoms with Crippen LogP contribution in [0.1, 0.15) is 29.8 Å². The summed E-state index contributed by atoms with van der Waals surface area (Å²) in [6.45, 7) is 3.03. The third-order valence-electron chi connectivity index (χ3n) is 3.66. The molecule has 0 aliphatic rings. The fraction of sp³-hybridized carbons (Fsp3) is 0.158. The number of carbonyl (C=O) groups excluding carboxylic acids is 2. The van der Waals surface area contributed by atoms with E-state index >= 15 is 0 Å². The van der Waals surface area contributed by atoms with E-state index in [1.165, 1.54) is 6.92 Å². The number of benzene rings is 2. The van der Waals surface area contributed by atoms with E-state index in [1.54, 1.807) is 25.1 Å². The van der Waals surface area contributed by atoms with Gasteiger partial charge in [0.25, 0.3) is 0 Å². The Bertz CT molecular complexity index is 766. The average molecular weight is 324 g/mol. The van der Waals surface area contributed by atoms with Gasteiger partial charge >= 0.3 is 0 Å². The molecule has 2 amide bonds. The number of carbonyl (C=O) groups is 2. The molecule has 1 atom stereocenters. The Morgan fingerprint density at radius 1 is 1.12 bits per heavy atom. The first kappa shape index (κ1) is 17.4. The lowest BCUT2D eigenvalue weighted by Gasteiger charge is -2.17. The molecule has 0 saturated carbocycles. The molecule has 0 bridgehead atoms. The Hall–Kier alpha value is -2.92. The van der Waals surface area contributed by atoms with E-state index in [4.69, 9.17) is 5.73 Å². The molecule has 0 aromatic heterocycles. The van der Waals surface area contributed by atoms with Crippen molar-refractivity contribution in [3.8, 4) is 11.1 Å². The quantitative estimate of drug-likeness (QED) is 0.655. The van der Waals surface area contributed by atoms with E-state index in [1.807, 2.05) is 42.5 Å². The van der Waals surface area contributed by atoms with E-state index in [0.717, 1.165) is 16.7 Å². The lowest BCUT2D eigenvalue weighted by atomic mass is 10.0. The number of nitrogens with zero attached hydrogens (tertiary/aromatic N) is 1. The molecule has 0 aliphatic heterocycles. The Kier molecular flexibility index (Phi) is 5.50. The molecular weight excluding hydrogens is 304 g/mol. The average Bonchev–Trinajstić information content (AvgIpc) is 2.59. The van der Waals surface area contributed by atoms with Crippen molar-refractivity contribution in [3.63, 3.8) is 0 Å². The minimum absolute atomic E-state index is 0.407. The highest BCUT2D eigenvalue weighted by Gasteiger charge is 2.10. The largest absolute Gasteiger partial charge is 0.366 e. The van der Waals surface area contributed by atoms with Crippen LogP contribution < -0.4 is 5.73 Å². The molecule has 124 valence electrons. The lowest BCUT2D eigenvalue weighted by molar-refractivity contribution is -0.167. The minimum Gasteiger partial charge on any atom is -0.366 e. The maximum Gasteiger partial charge on any atom is 0.248 e. The Morgan fingerprint density at radius 2 is 1.79 bits per heavy atom. The first-order chi connectivity index (χ1) is 11.4. The second-order valence-corrected chi connectivity index (χ2v) is 5.53. The molecule has 5 nitrogen and oxygen atoms in total. The van der Waals surface area contributed by atoms with Gasteiger partial charge in [0.05, 0.1) is 6.04 Å². The van der Waals surface area contributed by atoms with Crippen LogP contribution in [0.15, 0.2) is 54.6 Å². The summed E-state index contributed by atoms with van der Waals surface area (Å²) in [5.74, 6) is -0.860. The van der Waals surface area contributed by atoms with Crippen LogP contribution in [-0.2, 0) is 4.79 Å². The molecule has 0 unspecified atom stereocenters. The van der Waals surface area contributed by atoms with Crippen molar-refractivity contribution in [3.05, 3.63) is 65.7 Å². The summed E-state index contributed by atoms with van der Waals surface area (Å²) in [7, 11) is 0. The van der Waals surface area contributed by atoms with Crippen molar-refractivity contribution in [2.24, 2.45) is 5.73 Å². The number of hydrogen-bond acceptors (Lipinski definition) is 3. The molecule has 0 heterocycles. The zero-order valence-corrected chi connectivity index (χ0v) is 13.6. The Labute approximate surface area is 141 Å². The van der Waals surface area contributed by atoms with Crippen LogP contribution in [0.5, 0.6) is 0 Å². The number of primary amides is 1. The van der Waals surface area contributed by atoms with Crippen LogP contribution >= 0.6 is 0 Å². The Morgan fingerprint density at radius 3 is 2.38 bits per heavy atom. The maximum absolute atomic E-state index is 11.1. The molecule has 2 rings (SSSR count). The second kappa shape index (κ2) is 7.57. The van der Waals surface area contributed by atoms with Gasteiger partial charge in [0.1, 0.15) is 0 Å². The molecule has 0 fully saturated rings. The minimum atomic E-state index is -0.453. The van der Waals surface area contributed by atoms with E-state index in [2.05, 4.69) is 0 Å². The lowest BCUT2D eigenvalue weighted by Crippen LogP contribution is -2.32. The van der Waals surface area contributed by atoms with Gasteiger partial charge < -0.3 is 5.73 Å². The van der Waals surface area contributed by atoms with Gasteiger partial charge in [-0.2, -0.15) is 0 Å². The fourth-order valence-electron chi connectivity index (χ4n) is 2.27. The molecule has 2 aromatic carbocycles. The van der Waals surface area contributed by atoms with Crippen molar-refractivity contribution in [2.45, 2.75) is 19.9 Å². The predicted molar refractivity (Wildman–Crippen MR) is 93.2 cm³/mol. The number of amides is 2. The van der Waals surface area contributed by atoms with Crippen molar-refractivity contribution < 1.29 is 14.8 Å². The van der Waals surface area contributed by atoms with Gasteiger partial charge in [-0.1, -0.05) is 42.5 Å². The smallest absolute Gasteiger partial charge is 0.248 e. The highest BCUT2D eigenvalue weighted by atomic mass is 16.5. The maximum atomic E-state index is 11.1. The molecule has 0 saturated heterocycles. The van der Waals surface area contributed by atoms with Gasteiger partial charge in [0.15, 0.2) is 0 Å². The summed E-state index contributed by atoms with van der Waals surface area (Å²) >= 11 is 0. The summed E-state index contributed by atoms with van der Waals surface area (Å²) in [5.41, 5.74) is 8.61. The molecule has 0 spiro atoms. The van der Waals surface area contributed by atoms with Crippen LogP contribution in [0.25, 0.3) is 17.2 Å². The Balaban J connectivity index is 2.19. The van der Waals surface area contributed by atoms with Crippen molar-refractivity contribution in [1.29, 1.82) is 0 Å². The van der Waals surface area contributed by atoms with Crippen LogP contribution in [0.2, 0.25) is 0 Å². The van der Waals surface area contributed by atoms with Gasteiger partial charge in [-0.3, -0.25) is 14.8 Å². The van der Waals surface area contributed by atoms with Crippen LogP contribution in [0.3, 0.4) is 0 Å². The summed E-state index contributed by atoms with van der Waals surface area (Å²) < 4.78 is 0. The molecule has 0 radical (unpaired) electrons. The SMILES string of the molecule is CC(=O)N(O)[C@@H](C)C=Cc1cccc(-c2ccc(C(N)=O)cc2)c1. The molecular formula is C19H20N2O3. The number of hydrogen-bond donors (Lipinski definition) is 2. The van der Waals surface area contributed by atoms with E-state index < -0.39 is 17.9 Å². The zero-order chi connectivity index (χ0) is 17.7. The van der Waals surface area contributed by atoms with Gasteiger partial charge in [-0.05, 0) is 41.8 Å². The van der Waals surface area contributed by atoms with Crippen LogP contribution in [0, 0.1) is 0 Å². The number of rotatable bonds is 5. The number of hydroxylamine groups is 2. The van der Waals surface area contributed by atoms with Crippen molar-refractivity contribution in [2.75, 3.05) is 0 Å². The summed E-state index contributed by atoms with van der Waals surface area (Å²) in [4.78, 5) is 22.2. The third kappa shape index (κ3) is 4.30. The highest BCUT2D eigenvalue weighted by Crippen LogP contribution is 2.21. The van der Waals surface area contributed by atoms with Gasteiger partial charge in [-0.15, -0.1) is 0 Å². The summed E-state index contributed by atoms with van der Waals surface area (Å²) in [6.07, 6.45) is 3.59. The molecule has 24 heavy (non-hydrogen) atoms. The molecule has 2 aromatic rings. The van der Waals surface area contributed by atoms with Gasteiger partial charge in [-0.25, -0.2) is 5.06 Å². The molecule has 5 heteroatoms. The van der Waals surface area contributed by atoms with E-state index in [0.29, 0.717) is 10.6 Å². The van der Waals surface area contributed by atoms with Gasteiger partial charge in [0.2, 0.25) is 11.8 Å². The zero-order valence-electron chi connectivity index (χ0n) is 13.6. The predicted octanol–water partition coefficient (Wildman–Crippen LogP) is 3.09. The van der Waals surface area contributed by atoms with Gasteiger partial charge in [0, 0.05) is 12.5 Å². The third-order valence-corrected chi connectivity index (χ3v) is 3.66. The monoisotopic (exact) mass is 324 g/mol. The first-order valence-corrected chi connectivity index (χ1v) is 7.55. The standard InChI is InChI=1S/C19H20N2O3/c1-13(21(24)14(2)22)6-7-15-4-3-5-18(12-15)16-8-10-17(11-9-16)19(20)23/h3-13,24H,1-2H3,(H2,20,23)/t13-/m0/s1. The normalized spacial score (nSPS) is 12.1. The fourth-order valence-corrected chi connectivity index (χ4v) is 2.27.